The molecule has 9 nitrogen and oxygen atoms in total. The van der Waals surface area contributed by atoms with Gasteiger partial charge in [-0.05, 0) is 29.8 Å². The van der Waals surface area contributed by atoms with E-state index in [1.54, 1.807) is 12.1 Å². The van der Waals surface area contributed by atoms with Crippen LogP contribution in [0.5, 0.6) is 5.75 Å². The molecular formula is C28H18BF4N7O2. The number of anilines is 1. The summed E-state index contributed by atoms with van der Waals surface area (Å²) in [6, 6.07) is 12.9. The lowest BCUT2D eigenvalue weighted by molar-refractivity contribution is -0.138. The van der Waals surface area contributed by atoms with Gasteiger partial charge in [-0.3, -0.25) is 9.36 Å². The van der Waals surface area contributed by atoms with Crippen molar-refractivity contribution >= 4 is 41.1 Å². The van der Waals surface area contributed by atoms with E-state index in [9.17, 15) is 27.5 Å². The van der Waals surface area contributed by atoms with Gasteiger partial charge in [0.15, 0.2) is 5.65 Å². The molecular weight excluding hydrogens is 553 g/mol. The molecule has 3 aromatic carbocycles. The number of phenols is 1. The Balaban J connectivity index is 1.57. The Hall–Kier alpha value is -5.27. The minimum Gasteiger partial charge on any atom is -0.508 e. The number of nitrogen functional groups attached to an aromatic ring is 1. The first-order valence-electron chi connectivity index (χ1n) is 12.4. The molecule has 0 aliphatic carbocycles. The molecule has 3 heterocycles. The number of nitrogens with zero attached hydrogens (tertiary/aromatic N) is 6. The molecule has 0 amide bonds. The highest BCUT2D eigenvalue weighted by Crippen LogP contribution is 2.34. The molecule has 0 saturated heterocycles. The Bertz CT molecular complexity index is 2050. The lowest BCUT2D eigenvalue weighted by Gasteiger charge is -2.18. The van der Waals surface area contributed by atoms with Crippen molar-refractivity contribution in [2.75, 3.05) is 5.73 Å². The SMILES string of the molecule is [B]c1cccc2nc(Cn3nc(-c4cc(O)cc(F)c4)c4c(N)ncnc43)n(Cc3ccccc3C(F)(F)F)c(=O)c12. The van der Waals surface area contributed by atoms with Gasteiger partial charge < -0.3 is 10.8 Å². The van der Waals surface area contributed by atoms with Crippen molar-refractivity contribution in [1.82, 2.24) is 29.3 Å². The first-order chi connectivity index (χ1) is 20.0. The number of hydrogen-bond donors (Lipinski definition) is 2. The van der Waals surface area contributed by atoms with Crippen molar-refractivity contribution < 1.29 is 22.7 Å². The Kier molecular flexibility index (Phi) is 6.40. The van der Waals surface area contributed by atoms with Gasteiger partial charge in [-0.25, -0.2) is 24.0 Å². The molecule has 3 N–H and O–H groups in total. The molecule has 0 spiro atoms. The summed E-state index contributed by atoms with van der Waals surface area (Å²) in [5, 5.41) is 14.8. The minimum atomic E-state index is -4.66. The number of rotatable bonds is 5. The molecule has 0 aliphatic rings. The summed E-state index contributed by atoms with van der Waals surface area (Å²) in [5.41, 5.74) is 5.28. The molecule has 0 fully saturated rings. The summed E-state index contributed by atoms with van der Waals surface area (Å²) in [7, 11) is 6.07. The van der Waals surface area contributed by atoms with E-state index in [1.807, 2.05) is 0 Å². The van der Waals surface area contributed by atoms with E-state index in [0.717, 1.165) is 22.8 Å². The first kappa shape index (κ1) is 26.9. The zero-order valence-corrected chi connectivity index (χ0v) is 21.5. The lowest BCUT2D eigenvalue weighted by atomic mass is 9.92. The number of aromatic hydroxyl groups is 1. The van der Waals surface area contributed by atoms with Crippen LogP contribution < -0.4 is 16.8 Å². The molecule has 6 rings (SSSR count). The molecule has 2 radical (unpaired) electrons. The smallest absolute Gasteiger partial charge is 0.416 e. The second kappa shape index (κ2) is 9.98. The highest BCUT2D eigenvalue weighted by atomic mass is 19.4. The molecule has 0 saturated carbocycles. The van der Waals surface area contributed by atoms with Crippen LogP contribution in [0.25, 0.3) is 33.2 Å². The Morgan fingerprint density at radius 2 is 1.76 bits per heavy atom. The molecule has 0 unspecified atom stereocenters. The minimum absolute atomic E-state index is 0.0146. The fourth-order valence-electron chi connectivity index (χ4n) is 4.91. The van der Waals surface area contributed by atoms with E-state index >= 15 is 0 Å². The molecule has 3 aromatic heterocycles. The second-order valence-corrected chi connectivity index (χ2v) is 9.48. The monoisotopic (exact) mass is 571 g/mol. The van der Waals surface area contributed by atoms with Gasteiger partial charge in [-0.1, -0.05) is 35.8 Å². The molecule has 6 aromatic rings. The number of halogens is 4. The summed E-state index contributed by atoms with van der Waals surface area (Å²) < 4.78 is 58.1. The summed E-state index contributed by atoms with van der Waals surface area (Å²) in [5.74, 6) is -1.02. The number of phenolic OH excluding ortho intramolecular Hbond substituents is 1. The van der Waals surface area contributed by atoms with Gasteiger partial charge in [0, 0.05) is 11.6 Å². The summed E-state index contributed by atoms with van der Waals surface area (Å²) in [6.45, 7) is -0.718. The number of fused-ring (bicyclic) bond motifs is 2. The third-order valence-electron chi connectivity index (χ3n) is 6.75. The van der Waals surface area contributed by atoms with Gasteiger partial charge in [0.2, 0.25) is 0 Å². The summed E-state index contributed by atoms with van der Waals surface area (Å²) in [6.07, 6.45) is -3.48. The molecule has 42 heavy (non-hydrogen) atoms. The van der Waals surface area contributed by atoms with Crippen molar-refractivity contribution in [2.24, 2.45) is 0 Å². The zero-order chi connectivity index (χ0) is 29.8. The molecule has 208 valence electrons. The molecule has 0 bridgehead atoms. The number of aromatic nitrogens is 6. The van der Waals surface area contributed by atoms with Crippen LogP contribution in [0.15, 0.2) is 71.8 Å². The topological polar surface area (TPSA) is 125 Å². The van der Waals surface area contributed by atoms with Crippen LogP contribution in [-0.4, -0.2) is 42.3 Å². The maximum atomic E-state index is 14.2. The fraction of sp³-hybridized carbons (Fsp3) is 0.107. The fourth-order valence-corrected chi connectivity index (χ4v) is 4.91. The summed E-state index contributed by atoms with van der Waals surface area (Å²) in [4.78, 5) is 26.6. The summed E-state index contributed by atoms with van der Waals surface area (Å²) >= 11 is 0. The van der Waals surface area contributed by atoms with E-state index < -0.39 is 29.7 Å². The van der Waals surface area contributed by atoms with E-state index in [0.29, 0.717) is 0 Å². The van der Waals surface area contributed by atoms with E-state index in [-0.39, 0.29) is 68.2 Å². The van der Waals surface area contributed by atoms with Gasteiger partial charge >= 0.3 is 6.18 Å². The second-order valence-electron chi connectivity index (χ2n) is 9.48. The average Bonchev–Trinajstić information content (AvgIpc) is 3.29. The van der Waals surface area contributed by atoms with Crippen LogP contribution in [0.2, 0.25) is 0 Å². The van der Waals surface area contributed by atoms with Gasteiger partial charge in [0.25, 0.3) is 5.56 Å². The predicted molar refractivity (Wildman–Crippen MR) is 148 cm³/mol. The zero-order valence-electron chi connectivity index (χ0n) is 21.5. The Morgan fingerprint density at radius 1 is 0.976 bits per heavy atom. The van der Waals surface area contributed by atoms with Crippen molar-refractivity contribution in [2.45, 2.75) is 19.3 Å². The molecule has 0 atom stereocenters. The van der Waals surface area contributed by atoms with Crippen molar-refractivity contribution in [3.8, 4) is 17.0 Å². The van der Waals surface area contributed by atoms with Crippen molar-refractivity contribution in [3.05, 3.63) is 100 Å². The molecule has 14 heteroatoms. The van der Waals surface area contributed by atoms with Crippen LogP contribution in [0, 0.1) is 5.82 Å². The lowest BCUT2D eigenvalue weighted by Crippen LogP contribution is -2.31. The number of hydrogen-bond acceptors (Lipinski definition) is 7. The van der Waals surface area contributed by atoms with Gasteiger partial charge in [0.05, 0.1) is 28.4 Å². The van der Waals surface area contributed by atoms with E-state index in [2.05, 4.69) is 20.1 Å². The predicted octanol–water partition coefficient (Wildman–Crippen LogP) is 3.54. The van der Waals surface area contributed by atoms with Crippen molar-refractivity contribution in [3.63, 3.8) is 0 Å². The number of alkyl halides is 3. The van der Waals surface area contributed by atoms with E-state index in [4.69, 9.17) is 13.6 Å². The van der Waals surface area contributed by atoms with Crippen LogP contribution in [-0.2, 0) is 19.3 Å². The molecule has 0 aliphatic heterocycles. The largest absolute Gasteiger partial charge is 0.508 e. The maximum absolute atomic E-state index is 14.2. The van der Waals surface area contributed by atoms with Crippen LogP contribution in [0.3, 0.4) is 0 Å². The van der Waals surface area contributed by atoms with Crippen LogP contribution >= 0.6 is 0 Å². The quantitative estimate of drug-likeness (QED) is 0.240. The van der Waals surface area contributed by atoms with Gasteiger partial charge in [-0.15, -0.1) is 0 Å². The Morgan fingerprint density at radius 3 is 2.52 bits per heavy atom. The first-order valence-corrected chi connectivity index (χ1v) is 12.4. The van der Waals surface area contributed by atoms with Gasteiger partial charge in [0.1, 0.15) is 49.6 Å². The average molecular weight is 571 g/mol. The van der Waals surface area contributed by atoms with Crippen LogP contribution in [0.4, 0.5) is 23.4 Å². The maximum Gasteiger partial charge on any atom is 0.416 e. The van der Waals surface area contributed by atoms with Crippen LogP contribution in [0.1, 0.15) is 17.0 Å². The van der Waals surface area contributed by atoms with Crippen molar-refractivity contribution in [1.29, 1.82) is 0 Å². The third-order valence-corrected chi connectivity index (χ3v) is 6.75. The standard InChI is InChI=1S/C28H18BF4N7O2/c29-19-6-3-7-20-22(19)27(42)39(11-14-4-1-2-5-18(14)28(31,32)33)21(37-20)12-40-26-23(25(34)35-13-36-26)24(38-40)15-8-16(30)10-17(41)9-15/h1-10,13,41H,11-12H2,(H2,34,35,36). The van der Waals surface area contributed by atoms with Gasteiger partial charge in [-0.2, -0.15) is 18.3 Å². The highest BCUT2D eigenvalue weighted by Gasteiger charge is 2.33. The van der Waals surface area contributed by atoms with E-state index in [1.165, 1.54) is 41.3 Å². The Labute approximate surface area is 235 Å². The number of nitrogens with two attached hydrogens (primary N) is 1. The number of benzene rings is 3. The highest BCUT2D eigenvalue weighted by molar-refractivity contribution is 6.38. The normalized spacial score (nSPS) is 11.9. The third kappa shape index (κ3) is 4.70.